The lowest BCUT2D eigenvalue weighted by Gasteiger charge is -2.33. The van der Waals surface area contributed by atoms with Crippen molar-refractivity contribution in [2.24, 2.45) is 7.05 Å². The molecule has 0 bridgehead atoms. The molecule has 0 atom stereocenters. The summed E-state index contributed by atoms with van der Waals surface area (Å²) in [4.78, 5) is 26.3. The average molecular weight is 622 g/mol. The third-order valence-corrected chi connectivity index (χ3v) is 8.53. The van der Waals surface area contributed by atoms with Gasteiger partial charge in [0.05, 0.1) is 23.2 Å². The average Bonchev–Trinajstić information content (AvgIpc) is 3.38. The fourth-order valence-corrected chi connectivity index (χ4v) is 5.96. The Balaban J connectivity index is 1.12. The van der Waals surface area contributed by atoms with E-state index in [1.807, 2.05) is 30.1 Å². The van der Waals surface area contributed by atoms with E-state index < -0.39 is 17.6 Å². The molecule has 2 aromatic carbocycles. The molecule has 6 rings (SSSR count). The molecule has 0 unspecified atom stereocenters. The number of anilines is 2. The van der Waals surface area contributed by atoms with Crippen molar-refractivity contribution < 1.29 is 18.0 Å². The maximum absolute atomic E-state index is 14.0. The summed E-state index contributed by atoms with van der Waals surface area (Å²) >= 11 is 0. The number of piperazine rings is 1. The molecular formula is C32H38F3N9O. The standard InChI is InChI=1S/C32H38F3N9O/c1-42-11-13-44(14-12-42)20-23-4-3-21(15-26(23)32(33,34)35)16-30(45)40-29-18-28(43(2)41-29)22-5-6-27-24(17-22)19-37-31(39-27)38-25-7-9-36-10-8-25/h3-6,15,17-19,25,36H,7-14,16,20H2,1-2H3,(H,37,38,39)(H,40,41,45). The monoisotopic (exact) mass is 621 g/mol. The normalized spacial score (nSPS) is 17.1. The molecule has 0 saturated carbocycles. The zero-order valence-electron chi connectivity index (χ0n) is 25.5. The van der Waals surface area contributed by atoms with E-state index in [0.717, 1.165) is 67.2 Å². The first-order valence-electron chi connectivity index (χ1n) is 15.3. The van der Waals surface area contributed by atoms with Crippen LogP contribution in [0.25, 0.3) is 22.2 Å². The number of carbonyl (C=O) groups excluding carboxylic acids is 1. The first kappa shape index (κ1) is 30.9. The molecule has 2 fully saturated rings. The predicted molar refractivity (Wildman–Crippen MR) is 168 cm³/mol. The number of rotatable bonds is 8. The summed E-state index contributed by atoms with van der Waals surface area (Å²) in [5, 5.41) is 14.8. The van der Waals surface area contributed by atoms with E-state index in [2.05, 4.69) is 35.9 Å². The highest BCUT2D eigenvalue weighted by Crippen LogP contribution is 2.34. The van der Waals surface area contributed by atoms with Gasteiger partial charge in [-0.1, -0.05) is 18.2 Å². The molecule has 2 aromatic heterocycles. The van der Waals surface area contributed by atoms with Gasteiger partial charge in [0.15, 0.2) is 5.82 Å². The second-order valence-electron chi connectivity index (χ2n) is 12.0. The quantitative estimate of drug-likeness (QED) is 0.270. The van der Waals surface area contributed by atoms with E-state index in [4.69, 9.17) is 0 Å². The SMILES string of the molecule is CN1CCN(Cc2ccc(CC(=O)Nc3cc(-c4ccc5nc(NC6CCNCC6)ncc5c4)n(C)n3)cc2C(F)(F)F)CC1. The van der Waals surface area contributed by atoms with Crippen LogP contribution in [0.2, 0.25) is 0 Å². The molecule has 3 N–H and O–H groups in total. The van der Waals surface area contributed by atoms with Crippen molar-refractivity contribution in [1.29, 1.82) is 0 Å². The molecule has 238 valence electrons. The summed E-state index contributed by atoms with van der Waals surface area (Å²) < 4.78 is 43.6. The number of benzene rings is 2. The number of aryl methyl sites for hydroxylation is 1. The molecule has 2 saturated heterocycles. The number of hydrogen-bond acceptors (Lipinski definition) is 8. The van der Waals surface area contributed by atoms with E-state index >= 15 is 0 Å². The van der Waals surface area contributed by atoms with Crippen molar-refractivity contribution in [1.82, 2.24) is 34.9 Å². The number of nitrogens with one attached hydrogen (secondary N) is 3. The van der Waals surface area contributed by atoms with Gasteiger partial charge in [-0.05, 0) is 62.3 Å². The molecule has 0 spiro atoms. The van der Waals surface area contributed by atoms with E-state index in [9.17, 15) is 18.0 Å². The van der Waals surface area contributed by atoms with Gasteiger partial charge in [-0.3, -0.25) is 14.4 Å². The topological polar surface area (TPSA) is 103 Å². The van der Waals surface area contributed by atoms with Gasteiger partial charge in [0, 0.05) is 69.0 Å². The molecule has 1 amide bonds. The van der Waals surface area contributed by atoms with Crippen molar-refractivity contribution in [3.63, 3.8) is 0 Å². The highest BCUT2D eigenvalue weighted by atomic mass is 19.4. The fourth-order valence-electron chi connectivity index (χ4n) is 5.96. The van der Waals surface area contributed by atoms with Crippen LogP contribution in [0.3, 0.4) is 0 Å². The summed E-state index contributed by atoms with van der Waals surface area (Å²) in [6.45, 7) is 5.25. The van der Waals surface area contributed by atoms with Crippen molar-refractivity contribution in [3.8, 4) is 11.3 Å². The number of amides is 1. The van der Waals surface area contributed by atoms with Crippen LogP contribution in [0.4, 0.5) is 24.9 Å². The van der Waals surface area contributed by atoms with Gasteiger partial charge in [0.25, 0.3) is 0 Å². The third kappa shape index (κ3) is 7.60. The first-order valence-corrected chi connectivity index (χ1v) is 15.3. The molecule has 0 radical (unpaired) electrons. The number of likely N-dealkylation sites (N-methyl/N-ethyl adjacent to an activating group) is 1. The van der Waals surface area contributed by atoms with Crippen LogP contribution < -0.4 is 16.0 Å². The Morgan fingerprint density at radius 2 is 1.80 bits per heavy atom. The van der Waals surface area contributed by atoms with Crippen LogP contribution in [0.15, 0.2) is 48.7 Å². The summed E-state index contributed by atoms with van der Waals surface area (Å²) in [5.41, 5.74) is 2.26. The fraction of sp³-hybridized carbons (Fsp3) is 0.438. The van der Waals surface area contributed by atoms with Crippen LogP contribution in [0.5, 0.6) is 0 Å². The van der Waals surface area contributed by atoms with Crippen LogP contribution in [-0.4, -0.2) is 87.8 Å². The summed E-state index contributed by atoms with van der Waals surface area (Å²) in [5.74, 6) is 0.484. The largest absolute Gasteiger partial charge is 0.416 e. The molecule has 2 aliphatic heterocycles. The van der Waals surface area contributed by atoms with Crippen molar-refractivity contribution >= 4 is 28.6 Å². The van der Waals surface area contributed by atoms with E-state index in [1.165, 1.54) is 6.07 Å². The van der Waals surface area contributed by atoms with Crippen molar-refractivity contribution in [2.75, 3.05) is 56.9 Å². The minimum atomic E-state index is -4.51. The summed E-state index contributed by atoms with van der Waals surface area (Å²) in [6, 6.07) is 12.1. The van der Waals surface area contributed by atoms with Crippen molar-refractivity contribution in [2.45, 2.75) is 38.0 Å². The van der Waals surface area contributed by atoms with Crippen LogP contribution in [0, 0.1) is 0 Å². The van der Waals surface area contributed by atoms with E-state index in [-0.39, 0.29) is 18.5 Å². The number of nitrogens with zero attached hydrogens (tertiary/aromatic N) is 6. The van der Waals surface area contributed by atoms with Gasteiger partial charge in [-0.25, -0.2) is 9.97 Å². The predicted octanol–water partition coefficient (Wildman–Crippen LogP) is 4.14. The highest BCUT2D eigenvalue weighted by Gasteiger charge is 2.34. The Labute approximate surface area is 260 Å². The Bertz CT molecular complexity index is 1660. The van der Waals surface area contributed by atoms with Crippen LogP contribution >= 0.6 is 0 Å². The smallest absolute Gasteiger partial charge is 0.351 e. The number of carbonyl (C=O) groups is 1. The molecule has 0 aliphatic carbocycles. The number of aromatic nitrogens is 4. The minimum Gasteiger partial charge on any atom is -0.351 e. The van der Waals surface area contributed by atoms with Crippen LogP contribution in [0.1, 0.15) is 29.5 Å². The maximum Gasteiger partial charge on any atom is 0.416 e. The highest BCUT2D eigenvalue weighted by molar-refractivity contribution is 5.92. The van der Waals surface area contributed by atoms with Gasteiger partial charge >= 0.3 is 6.18 Å². The first-order chi connectivity index (χ1) is 21.6. The molecule has 4 aromatic rings. The summed E-state index contributed by atoms with van der Waals surface area (Å²) in [7, 11) is 3.78. The molecule has 2 aliphatic rings. The maximum atomic E-state index is 14.0. The third-order valence-electron chi connectivity index (χ3n) is 8.53. The number of halogens is 3. The van der Waals surface area contributed by atoms with Gasteiger partial charge < -0.3 is 20.9 Å². The minimum absolute atomic E-state index is 0.204. The summed E-state index contributed by atoms with van der Waals surface area (Å²) in [6.07, 6.45) is -0.874. The Morgan fingerprint density at radius 3 is 2.56 bits per heavy atom. The Kier molecular flexibility index (Phi) is 9.02. The van der Waals surface area contributed by atoms with Crippen LogP contribution in [-0.2, 0) is 31.0 Å². The molecule has 4 heterocycles. The molecule has 10 nitrogen and oxygen atoms in total. The lowest BCUT2D eigenvalue weighted by Crippen LogP contribution is -2.44. The zero-order valence-corrected chi connectivity index (χ0v) is 25.5. The number of piperidine rings is 1. The lowest BCUT2D eigenvalue weighted by molar-refractivity contribution is -0.138. The Morgan fingerprint density at radius 1 is 1.02 bits per heavy atom. The lowest BCUT2D eigenvalue weighted by atomic mass is 10.0. The molecule has 45 heavy (non-hydrogen) atoms. The van der Waals surface area contributed by atoms with Gasteiger partial charge in [0.1, 0.15) is 0 Å². The second kappa shape index (κ2) is 13.1. The molecular weight excluding hydrogens is 583 g/mol. The number of hydrogen-bond donors (Lipinski definition) is 3. The Hall–Kier alpha value is -4.07. The number of fused-ring (bicyclic) bond motifs is 1. The van der Waals surface area contributed by atoms with Gasteiger partial charge in [-0.15, -0.1) is 0 Å². The van der Waals surface area contributed by atoms with Gasteiger partial charge in [0.2, 0.25) is 11.9 Å². The molecule has 13 heteroatoms. The van der Waals surface area contributed by atoms with Gasteiger partial charge in [-0.2, -0.15) is 18.3 Å². The second-order valence-corrected chi connectivity index (χ2v) is 12.0. The van der Waals surface area contributed by atoms with E-state index in [0.29, 0.717) is 36.5 Å². The van der Waals surface area contributed by atoms with E-state index in [1.54, 1.807) is 30.1 Å². The number of alkyl halides is 3. The van der Waals surface area contributed by atoms with Crippen molar-refractivity contribution in [3.05, 3.63) is 65.4 Å². The zero-order chi connectivity index (χ0) is 31.6.